The molecule has 0 saturated carbocycles. The van der Waals surface area contributed by atoms with Gasteiger partial charge in [-0.05, 0) is 36.8 Å². The first-order chi connectivity index (χ1) is 7.75. The zero-order valence-electron chi connectivity index (χ0n) is 10.4. The Morgan fingerprint density at radius 2 is 1.88 bits per heavy atom. The van der Waals surface area contributed by atoms with E-state index in [2.05, 4.69) is 43.4 Å². The number of para-hydroxylation sites is 1. The maximum absolute atomic E-state index is 8.68. The Balaban J connectivity index is 2.41. The van der Waals surface area contributed by atoms with Gasteiger partial charge < -0.3 is 10.4 Å². The van der Waals surface area contributed by atoms with Crippen molar-refractivity contribution in [3.8, 4) is 0 Å². The molecule has 0 aliphatic rings. The number of aliphatic hydroxyl groups is 1. The number of benzene rings is 1. The molecule has 1 rings (SSSR count). The first kappa shape index (κ1) is 13.0. The molecule has 1 aromatic rings. The van der Waals surface area contributed by atoms with Gasteiger partial charge in [-0.15, -0.1) is 0 Å². The van der Waals surface area contributed by atoms with Gasteiger partial charge in [0.1, 0.15) is 0 Å². The minimum absolute atomic E-state index is 0.308. The van der Waals surface area contributed by atoms with Crippen LogP contribution in [-0.2, 0) is 0 Å². The standard InChI is InChI=1S/C14H23NO/c1-12(2)13-8-4-5-9-14(13)15-10-6-3-7-11-16/h4-5,8-9,12,15-16H,3,6-7,10-11H2,1-2H3. The van der Waals surface area contributed by atoms with Gasteiger partial charge in [-0.1, -0.05) is 32.0 Å². The lowest BCUT2D eigenvalue weighted by molar-refractivity contribution is 0.283. The van der Waals surface area contributed by atoms with Crippen molar-refractivity contribution in [2.24, 2.45) is 0 Å². The van der Waals surface area contributed by atoms with E-state index in [9.17, 15) is 0 Å². The Morgan fingerprint density at radius 1 is 1.12 bits per heavy atom. The highest BCUT2D eigenvalue weighted by Gasteiger charge is 2.04. The first-order valence-corrected chi connectivity index (χ1v) is 6.19. The Morgan fingerprint density at radius 3 is 2.56 bits per heavy atom. The van der Waals surface area contributed by atoms with E-state index in [1.807, 2.05) is 0 Å². The van der Waals surface area contributed by atoms with Crippen molar-refractivity contribution < 1.29 is 5.11 Å². The minimum Gasteiger partial charge on any atom is -0.396 e. The summed E-state index contributed by atoms with van der Waals surface area (Å²) in [6.07, 6.45) is 3.12. The third kappa shape index (κ3) is 4.23. The lowest BCUT2D eigenvalue weighted by Gasteiger charge is -2.14. The molecule has 0 unspecified atom stereocenters. The van der Waals surface area contributed by atoms with Crippen LogP contribution in [0.15, 0.2) is 24.3 Å². The van der Waals surface area contributed by atoms with E-state index in [1.165, 1.54) is 11.3 Å². The van der Waals surface area contributed by atoms with Gasteiger partial charge in [0.05, 0.1) is 0 Å². The molecule has 0 amide bonds. The molecule has 0 aliphatic carbocycles. The molecular formula is C14H23NO. The predicted molar refractivity (Wildman–Crippen MR) is 70.0 cm³/mol. The van der Waals surface area contributed by atoms with Crippen LogP contribution in [0.3, 0.4) is 0 Å². The molecule has 0 fully saturated rings. The Hall–Kier alpha value is -1.02. The van der Waals surface area contributed by atoms with Crippen LogP contribution >= 0.6 is 0 Å². The van der Waals surface area contributed by atoms with Crippen molar-refractivity contribution in [3.63, 3.8) is 0 Å². The molecule has 0 aliphatic heterocycles. The largest absolute Gasteiger partial charge is 0.396 e. The number of hydrogen-bond acceptors (Lipinski definition) is 2. The molecule has 2 heteroatoms. The number of rotatable bonds is 7. The summed E-state index contributed by atoms with van der Waals surface area (Å²) in [5.74, 6) is 0.557. The highest BCUT2D eigenvalue weighted by atomic mass is 16.2. The molecule has 0 bridgehead atoms. The normalized spacial score (nSPS) is 10.8. The van der Waals surface area contributed by atoms with Gasteiger partial charge in [-0.2, -0.15) is 0 Å². The highest BCUT2D eigenvalue weighted by Crippen LogP contribution is 2.23. The van der Waals surface area contributed by atoms with Crippen LogP contribution in [0.2, 0.25) is 0 Å². The fourth-order valence-corrected chi connectivity index (χ4v) is 1.80. The van der Waals surface area contributed by atoms with E-state index in [-0.39, 0.29) is 0 Å². The lowest BCUT2D eigenvalue weighted by Crippen LogP contribution is -2.05. The van der Waals surface area contributed by atoms with Crippen molar-refractivity contribution in [2.45, 2.75) is 39.0 Å². The van der Waals surface area contributed by atoms with Gasteiger partial charge in [-0.3, -0.25) is 0 Å². The molecule has 0 saturated heterocycles. The van der Waals surface area contributed by atoms with Crippen molar-refractivity contribution in [1.29, 1.82) is 0 Å². The molecule has 0 heterocycles. The fourth-order valence-electron chi connectivity index (χ4n) is 1.80. The molecule has 90 valence electrons. The smallest absolute Gasteiger partial charge is 0.0431 e. The number of aliphatic hydroxyl groups excluding tert-OH is 1. The summed E-state index contributed by atoms with van der Waals surface area (Å²) in [7, 11) is 0. The second-order valence-electron chi connectivity index (χ2n) is 4.45. The quantitative estimate of drug-likeness (QED) is 0.692. The monoisotopic (exact) mass is 221 g/mol. The maximum atomic E-state index is 8.68. The van der Waals surface area contributed by atoms with E-state index >= 15 is 0 Å². The minimum atomic E-state index is 0.308. The summed E-state index contributed by atoms with van der Waals surface area (Å²) in [5, 5.41) is 12.2. The van der Waals surface area contributed by atoms with Gasteiger partial charge in [0.2, 0.25) is 0 Å². The molecule has 0 aromatic heterocycles. The third-order valence-electron chi connectivity index (χ3n) is 2.73. The van der Waals surface area contributed by atoms with Crippen LogP contribution in [0, 0.1) is 0 Å². The van der Waals surface area contributed by atoms with Gasteiger partial charge in [-0.25, -0.2) is 0 Å². The van der Waals surface area contributed by atoms with Crippen molar-refractivity contribution in [3.05, 3.63) is 29.8 Å². The Labute approximate surface area is 98.7 Å². The van der Waals surface area contributed by atoms with Gasteiger partial charge in [0.15, 0.2) is 0 Å². The highest BCUT2D eigenvalue weighted by molar-refractivity contribution is 5.52. The summed E-state index contributed by atoms with van der Waals surface area (Å²) in [6, 6.07) is 8.48. The van der Waals surface area contributed by atoms with Crippen LogP contribution in [0.5, 0.6) is 0 Å². The van der Waals surface area contributed by atoms with Crippen LogP contribution in [0.1, 0.15) is 44.6 Å². The third-order valence-corrected chi connectivity index (χ3v) is 2.73. The van der Waals surface area contributed by atoms with Crippen LogP contribution in [0.25, 0.3) is 0 Å². The summed E-state index contributed by atoms with van der Waals surface area (Å²) >= 11 is 0. The number of anilines is 1. The topological polar surface area (TPSA) is 32.3 Å². The van der Waals surface area contributed by atoms with Gasteiger partial charge in [0, 0.05) is 18.8 Å². The molecule has 16 heavy (non-hydrogen) atoms. The zero-order chi connectivity index (χ0) is 11.8. The van der Waals surface area contributed by atoms with Crippen molar-refractivity contribution in [1.82, 2.24) is 0 Å². The second-order valence-corrected chi connectivity index (χ2v) is 4.45. The summed E-state index contributed by atoms with van der Waals surface area (Å²) < 4.78 is 0. The maximum Gasteiger partial charge on any atom is 0.0431 e. The van der Waals surface area contributed by atoms with E-state index in [4.69, 9.17) is 5.11 Å². The molecule has 0 atom stereocenters. The van der Waals surface area contributed by atoms with Gasteiger partial charge >= 0.3 is 0 Å². The predicted octanol–water partition coefficient (Wildman–Crippen LogP) is 3.38. The number of hydrogen-bond donors (Lipinski definition) is 2. The average molecular weight is 221 g/mol. The Kier molecular flexibility index (Phi) is 5.94. The van der Waals surface area contributed by atoms with E-state index < -0.39 is 0 Å². The summed E-state index contributed by atoms with van der Waals surface area (Å²) in [4.78, 5) is 0. The summed E-state index contributed by atoms with van der Waals surface area (Å²) in [5.41, 5.74) is 2.63. The molecule has 1 aromatic carbocycles. The second kappa shape index (κ2) is 7.29. The fraction of sp³-hybridized carbons (Fsp3) is 0.571. The average Bonchev–Trinajstić information content (AvgIpc) is 2.29. The summed E-state index contributed by atoms with van der Waals surface area (Å²) in [6.45, 7) is 5.73. The Bertz CT molecular complexity index is 297. The SMILES string of the molecule is CC(C)c1ccccc1NCCCCCO. The van der Waals surface area contributed by atoms with Gasteiger partial charge in [0.25, 0.3) is 0 Å². The van der Waals surface area contributed by atoms with Crippen LogP contribution in [-0.4, -0.2) is 18.3 Å². The van der Waals surface area contributed by atoms with Crippen molar-refractivity contribution >= 4 is 5.69 Å². The molecule has 0 radical (unpaired) electrons. The first-order valence-electron chi connectivity index (χ1n) is 6.19. The molecule has 2 nitrogen and oxygen atoms in total. The van der Waals surface area contributed by atoms with E-state index in [0.29, 0.717) is 12.5 Å². The zero-order valence-corrected chi connectivity index (χ0v) is 10.4. The molecule has 2 N–H and O–H groups in total. The number of unbranched alkanes of at least 4 members (excludes halogenated alkanes) is 2. The van der Waals surface area contributed by atoms with Crippen LogP contribution < -0.4 is 5.32 Å². The van der Waals surface area contributed by atoms with Crippen molar-refractivity contribution in [2.75, 3.05) is 18.5 Å². The number of nitrogens with one attached hydrogen (secondary N) is 1. The van der Waals surface area contributed by atoms with E-state index in [1.54, 1.807) is 0 Å². The van der Waals surface area contributed by atoms with E-state index in [0.717, 1.165) is 25.8 Å². The van der Waals surface area contributed by atoms with Crippen LogP contribution in [0.4, 0.5) is 5.69 Å². The molecule has 0 spiro atoms. The molecular weight excluding hydrogens is 198 g/mol. The lowest BCUT2D eigenvalue weighted by atomic mass is 10.0.